The number of anilines is 1. The first-order chi connectivity index (χ1) is 7.24. The van der Waals surface area contributed by atoms with Crippen LogP contribution in [0.25, 0.3) is 0 Å². The summed E-state index contributed by atoms with van der Waals surface area (Å²) < 4.78 is 0. The average molecular weight is 224 g/mol. The summed E-state index contributed by atoms with van der Waals surface area (Å²) in [6.07, 6.45) is 1.25. The molecule has 1 aromatic rings. The maximum atomic E-state index is 3.43. The number of hydrogen-bond acceptors (Lipinski definition) is 3. The smallest absolute Gasteiger partial charge is 0.0477 e. The zero-order valence-electron chi connectivity index (χ0n) is 9.73. The minimum Gasteiger partial charge on any atom is -0.368 e. The minimum atomic E-state index is 0.630. The van der Waals surface area contributed by atoms with Gasteiger partial charge in [-0.1, -0.05) is 6.92 Å². The van der Waals surface area contributed by atoms with Crippen LogP contribution in [0, 0.1) is 5.92 Å². The van der Waals surface area contributed by atoms with Crippen LogP contribution in [0.15, 0.2) is 16.8 Å². The molecule has 84 valence electrons. The number of thiophene rings is 1. The van der Waals surface area contributed by atoms with Crippen LogP contribution in [0.5, 0.6) is 0 Å². The fourth-order valence-electron chi connectivity index (χ4n) is 2.56. The van der Waals surface area contributed by atoms with E-state index in [0.717, 1.165) is 0 Å². The lowest BCUT2D eigenvalue weighted by Gasteiger charge is -2.43. The molecule has 1 aromatic heterocycles. The second kappa shape index (κ2) is 4.54. The van der Waals surface area contributed by atoms with Gasteiger partial charge in [0.15, 0.2) is 0 Å². The minimum absolute atomic E-state index is 0.630. The van der Waals surface area contributed by atoms with Gasteiger partial charge in [-0.15, -0.1) is 0 Å². The number of nitrogens with one attached hydrogen (secondary N) is 1. The van der Waals surface area contributed by atoms with Crippen molar-refractivity contribution in [3.05, 3.63) is 16.8 Å². The van der Waals surface area contributed by atoms with Gasteiger partial charge in [0.2, 0.25) is 0 Å². The Labute approximate surface area is 96.3 Å². The van der Waals surface area contributed by atoms with E-state index in [9.17, 15) is 0 Å². The highest BCUT2D eigenvalue weighted by molar-refractivity contribution is 7.08. The Morgan fingerprint density at radius 1 is 1.47 bits per heavy atom. The summed E-state index contributed by atoms with van der Waals surface area (Å²) in [5, 5.41) is 7.84. The molecule has 0 amide bonds. The number of nitrogens with zero attached hydrogens (tertiary/aromatic N) is 1. The van der Waals surface area contributed by atoms with Gasteiger partial charge in [-0.2, -0.15) is 11.3 Å². The van der Waals surface area contributed by atoms with Crippen molar-refractivity contribution in [2.45, 2.75) is 32.4 Å². The van der Waals surface area contributed by atoms with Crippen molar-refractivity contribution in [1.29, 1.82) is 0 Å². The van der Waals surface area contributed by atoms with Crippen LogP contribution >= 0.6 is 11.3 Å². The van der Waals surface area contributed by atoms with E-state index in [1.54, 1.807) is 11.3 Å². The molecule has 0 saturated carbocycles. The van der Waals surface area contributed by atoms with E-state index >= 15 is 0 Å². The lowest BCUT2D eigenvalue weighted by atomic mass is 9.87. The summed E-state index contributed by atoms with van der Waals surface area (Å²) in [5.74, 6) is 0.712. The Kier molecular flexibility index (Phi) is 3.32. The predicted octanol–water partition coefficient (Wildman–Crippen LogP) is 2.57. The fraction of sp³-hybridized carbons (Fsp3) is 0.667. The van der Waals surface area contributed by atoms with Crippen LogP contribution in [0.2, 0.25) is 0 Å². The molecule has 2 heterocycles. The Bertz CT molecular complexity index is 297. The first kappa shape index (κ1) is 11.0. The number of rotatable bonds is 2. The van der Waals surface area contributed by atoms with E-state index < -0.39 is 0 Å². The average Bonchev–Trinajstić information content (AvgIpc) is 2.75. The first-order valence-corrected chi connectivity index (χ1v) is 6.64. The van der Waals surface area contributed by atoms with Crippen molar-refractivity contribution in [3.63, 3.8) is 0 Å². The molecule has 0 spiro atoms. The summed E-state index contributed by atoms with van der Waals surface area (Å²) >= 11 is 1.79. The largest absolute Gasteiger partial charge is 0.368 e. The molecule has 1 aliphatic heterocycles. The van der Waals surface area contributed by atoms with Crippen molar-refractivity contribution in [1.82, 2.24) is 5.32 Å². The van der Waals surface area contributed by atoms with Crippen LogP contribution in [0.1, 0.15) is 20.3 Å². The molecule has 0 radical (unpaired) electrons. The van der Waals surface area contributed by atoms with Crippen LogP contribution in [0.3, 0.4) is 0 Å². The molecule has 2 nitrogen and oxygen atoms in total. The van der Waals surface area contributed by atoms with E-state index in [2.05, 4.69) is 47.9 Å². The summed E-state index contributed by atoms with van der Waals surface area (Å²) in [4.78, 5) is 2.54. The molecule has 1 saturated heterocycles. The van der Waals surface area contributed by atoms with Crippen molar-refractivity contribution >= 4 is 17.0 Å². The van der Waals surface area contributed by atoms with Crippen molar-refractivity contribution in [2.24, 2.45) is 5.92 Å². The highest BCUT2D eigenvalue weighted by Gasteiger charge is 2.31. The third kappa shape index (κ3) is 2.04. The zero-order valence-corrected chi connectivity index (χ0v) is 10.6. The molecule has 3 heteroatoms. The monoisotopic (exact) mass is 224 g/mol. The highest BCUT2D eigenvalue weighted by atomic mass is 32.1. The molecule has 3 atom stereocenters. The maximum absolute atomic E-state index is 3.43. The lowest BCUT2D eigenvalue weighted by molar-refractivity contribution is 0.283. The molecule has 15 heavy (non-hydrogen) atoms. The van der Waals surface area contributed by atoms with Gasteiger partial charge in [0.1, 0.15) is 0 Å². The zero-order chi connectivity index (χ0) is 10.8. The van der Waals surface area contributed by atoms with Crippen LogP contribution in [-0.4, -0.2) is 25.7 Å². The third-order valence-corrected chi connectivity index (χ3v) is 4.45. The van der Waals surface area contributed by atoms with Crippen LogP contribution in [0.4, 0.5) is 5.69 Å². The summed E-state index contributed by atoms with van der Waals surface area (Å²) in [5.41, 5.74) is 1.40. The van der Waals surface area contributed by atoms with Crippen LogP contribution in [-0.2, 0) is 0 Å². The molecule has 2 rings (SSSR count). The van der Waals surface area contributed by atoms with Gasteiger partial charge in [-0.05, 0) is 37.8 Å². The maximum Gasteiger partial charge on any atom is 0.0477 e. The predicted molar refractivity (Wildman–Crippen MR) is 67.8 cm³/mol. The fourth-order valence-corrected chi connectivity index (χ4v) is 3.21. The summed E-state index contributed by atoms with van der Waals surface area (Å²) in [6.45, 7) is 5.87. The molecule has 0 bridgehead atoms. The first-order valence-electron chi connectivity index (χ1n) is 5.70. The molecule has 1 aliphatic rings. The quantitative estimate of drug-likeness (QED) is 0.830. The van der Waals surface area contributed by atoms with Gasteiger partial charge in [-0.3, -0.25) is 0 Å². The molecule has 3 unspecified atom stereocenters. The number of hydrogen-bond donors (Lipinski definition) is 1. The molecule has 0 aliphatic carbocycles. The Balaban J connectivity index is 2.11. The van der Waals surface area contributed by atoms with Gasteiger partial charge in [0.05, 0.1) is 0 Å². The summed E-state index contributed by atoms with van der Waals surface area (Å²) in [7, 11) is 2.08. The number of piperidine rings is 1. The Morgan fingerprint density at radius 3 is 2.87 bits per heavy atom. The van der Waals surface area contributed by atoms with Gasteiger partial charge in [0, 0.05) is 29.7 Å². The topological polar surface area (TPSA) is 15.3 Å². The second-order valence-corrected chi connectivity index (χ2v) is 5.24. The van der Waals surface area contributed by atoms with Gasteiger partial charge in [-0.25, -0.2) is 0 Å². The molecule has 1 N–H and O–H groups in total. The van der Waals surface area contributed by atoms with Crippen molar-refractivity contribution in [2.75, 3.05) is 18.5 Å². The highest BCUT2D eigenvalue weighted by Crippen LogP contribution is 2.29. The van der Waals surface area contributed by atoms with E-state index in [1.165, 1.54) is 18.7 Å². The molecular formula is C12H20N2S. The molecular weight excluding hydrogens is 204 g/mol. The Morgan fingerprint density at radius 2 is 2.27 bits per heavy atom. The van der Waals surface area contributed by atoms with Crippen molar-refractivity contribution in [3.8, 4) is 0 Å². The Hall–Kier alpha value is -0.540. The van der Waals surface area contributed by atoms with Gasteiger partial charge in [0.25, 0.3) is 0 Å². The van der Waals surface area contributed by atoms with Gasteiger partial charge >= 0.3 is 0 Å². The third-order valence-electron chi connectivity index (χ3n) is 3.78. The normalized spacial score (nSPS) is 31.9. The van der Waals surface area contributed by atoms with Crippen molar-refractivity contribution < 1.29 is 0 Å². The molecule has 1 fully saturated rings. The van der Waals surface area contributed by atoms with Gasteiger partial charge < -0.3 is 10.2 Å². The SMILES string of the molecule is CNC1CCN(c2ccsc2)C(C)C1C. The lowest BCUT2D eigenvalue weighted by Crippen LogP contribution is -2.52. The summed E-state index contributed by atoms with van der Waals surface area (Å²) in [6, 6.07) is 3.54. The van der Waals surface area contributed by atoms with E-state index in [-0.39, 0.29) is 0 Å². The second-order valence-electron chi connectivity index (χ2n) is 4.46. The standard InChI is InChI=1S/C12H20N2S/c1-9-10(2)14(6-4-12(9)13-3)11-5-7-15-8-11/h5,7-10,12-13H,4,6H2,1-3H3. The van der Waals surface area contributed by atoms with E-state index in [1.807, 2.05) is 0 Å². The van der Waals surface area contributed by atoms with E-state index in [0.29, 0.717) is 18.0 Å². The van der Waals surface area contributed by atoms with E-state index in [4.69, 9.17) is 0 Å². The molecule has 0 aromatic carbocycles. The van der Waals surface area contributed by atoms with Crippen LogP contribution < -0.4 is 10.2 Å².